The number of rotatable bonds is 7. The van der Waals surface area contributed by atoms with Gasteiger partial charge in [0.25, 0.3) is 11.8 Å². The number of hydrogen-bond donors (Lipinski definition) is 1. The third-order valence-electron chi connectivity index (χ3n) is 6.72. The summed E-state index contributed by atoms with van der Waals surface area (Å²) in [5, 5.41) is 2.89. The van der Waals surface area contributed by atoms with Crippen LogP contribution in [0.5, 0.6) is 0 Å². The van der Waals surface area contributed by atoms with Gasteiger partial charge in [-0.25, -0.2) is 4.39 Å². The van der Waals surface area contributed by atoms with Gasteiger partial charge in [0.15, 0.2) is 0 Å². The van der Waals surface area contributed by atoms with Crippen molar-refractivity contribution in [2.75, 3.05) is 37.7 Å². The molecule has 2 aromatic rings. The molecule has 0 aliphatic carbocycles. The maximum absolute atomic E-state index is 13.7. The lowest BCUT2D eigenvalue weighted by Gasteiger charge is -2.43. The van der Waals surface area contributed by atoms with E-state index < -0.39 is 11.4 Å². The molecular weight excluding hydrogens is 435 g/mol. The van der Waals surface area contributed by atoms with Crippen molar-refractivity contribution in [3.63, 3.8) is 0 Å². The Morgan fingerprint density at radius 3 is 2.47 bits per heavy atom. The predicted octanol–water partition coefficient (Wildman–Crippen LogP) is 3.02. The lowest BCUT2D eigenvalue weighted by molar-refractivity contribution is -0.137. The second-order valence-electron chi connectivity index (χ2n) is 8.95. The van der Waals surface area contributed by atoms with Gasteiger partial charge in [-0.15, -0.1) is 0 Å². The average Bonchev–Trinajstić information content (AvgIpc) is 3.11. The Balaban J connectivity index is 1.51. The zero-order valence-electron chi connectivity index (χ0n) is 19.5. The van der Waals surface area contributed by atoms with Crippen LogP contribution >= 0.6 is 0 Å². The van der Waals surface area contributed by atoms with E-state index in [0.717, 1.165) is 18.5 Å². The maximum Gasteiger partial charge on any atom is 0.253 e. The van der Waals surface area contributed by atoms with E-state index in [1.807, 2.05) is 30.3 Å². The summed E-state index contributed by atoms with van der Waals surface area (Å²) in [6.07, 6.45) is 2.76. The number of carbonyl (C=O) groups excluding carboxylic acids is 3. The minimum Gasteiger partial charge on any atom is -0.355 e. The van der Waals surface area contributed by atoms with E-state index in [2.05, 4.69) is 17.1 Å². The van der Waals surface area contributed by atoms with Crippen LogP contribution in [0.3, 0.4) is 0 Å². The van der Waals surface area contributed by atoms with Crippen LogP contribution in [0.25, 0.3) is 0 Å². The molecule has 0 atom stereocenters. The molecule has 4 rings (SSSR count). The summed E-state index contributed by atoms with van der Waals surface area (Å²) in [7, 11) is 0. The fourth-order valence-corrected chi connectivity index (χ4v) is 4.84. The lowest BCUT2D eigenvalue weighted by Crippen LogP contribution is -2.57. The number of carbonyl (C=O) groups is 3. The van der Waals surface area contributed by atoms with Gasteiger partial charge in [0.05, 0.1) is 6.67 Å². The van der Waals surface area contributed by atoms with Crippen LogP contribution in [0.1, 0.15) is 43.0 Å². The molecule has 0 aromatic heterocycles. The smallest absolute Gasteiger partial charge is 0.253 e. The number of anilines is 1. The van der Waals surface area contributed by atoms with Gasteiger partial charge in [-0.1, -0.05) is 37.6 Å². The zero-order valence-corrected chi connectivity index (χ0v) is 19.5. The zero-order chi connectivity index (χ0) is 24.1. The van der Waals surface area contributed by atoms with Crippen LogP contribution in [0.4, 0.5) is 10.1 Å². The molecule has 180 valence electrons. The molecule has 1 spiro atoms. The monoisotopic (exact) mass is 466 g/mol. The third kappa shape index (κ3) is 4.76. The number of piperidine rings is 1. The summed E-state index contributed by atoms with van der Waals surface area (Å²) in [6, 6.07) is 15.4. The van der Waals surface area contributed by atoms with Crippen molar-refractivity contribution < 1.29 is 18.8 Å². The fraction of sp³-hybridized carbons (Fsp3) is 0.423. The number of hydrogen-bond acceptors (Lipinski definition) is 4. The van der Waals surface area contributed by atoms with Crippen LogP contribution in [-0.4, -0.2) is 65.9 Å². The van der Waals surface area contributed by atoms with E-state index in [-0.39, 0.29) is 24.3 Å². The minimum atomic E-state index is -0.816. The standard InChI is InChI=1S/C26H31FN4O3/c1-2-3-14-28-23(32)18-30-19-31(22-10-5-4-6-11-22)26(25(30)34)12-15-29(16-13-26)24(33)20-8-7-9-21(27)17-20/h4-11,17H,2-3,12-16,18-19H2,1H3,(H,28,32). The summed E-state index contributed by atoms with van der Waals surface area (Å²) in [4.78, 5) is 44.4. The minimum absolute atomic E-state index is 0.0135. The topological polar surface area (TPSA) is 73.0 Å². The van der Waals surface area contributed by atoms with Gasteiger partial charge in [0.2, 0.25) is 5.91 Å². The summed E-state index contributed by atoms with van der Waals surface area (Å²) in [5.74, 6) is -0.933. The first-order valence-corrected chi connectivity index (χ1v) is 11.9. The number of amides is 3. The Hall–Kier alpha value is -3.42. The third-order valence-corrected chi connectivity index (χ3v) is 6.72. The van der Waals surface area contributed by atoms with Crippen molar-refractivity contribution in [1.29, 1.82) is 0 Å². The fourth-order valence-electron chi connectivity index (χ4n) is 4.84. The van der Waals surface area contributed by atoms with Crippen molar-refractivity contribution in [2.45, 2.75) is 38.1 Å². The molecule has 3 amide bonds. The van der Waals surface area contributed by atoms with Crippen molar-refractivity contribution in [3.8, 4) is 0 Å². The largest absolute Gasteiger partial charge is 0.355 e. The van der Waals surface area contributed by atoms with Crippen LogP contribution < -0.4 is 10.2 Å². The number of nitrogens with one attached hydrogen (secondary N) is 1. The quantitative estimate of drug-likeness (QED) is 0.637. The van der Waals surface area contributed by atoms with Gasteiger partial charge >= 0.3 is 0 Å². The van der Waals surface area contributed by atoms with Crippen molar-refractivity contribution >= 4 is 23.4 Å². The molecular formula is C26H31FN4O3. The molecule has 2 aliphatic rings. The number of benzene rings is 2. The number of para-hydroxylation sites is 1. The van der Waals surface area contributed by atoms with E-state index >= 15 is 0 Å². The van der Waals surface area contributed by atoms with Gasteiger partial charge in [-0.2, -0.15) is 0 Å². The van der Waals surface area contributed by atoms with E-state index in [1.54, 1.807) is 15.9 Å². The van der Waals surface area contributed by atoms with E-state index in [1.165, 1.54) is 18.2 Å². The Labute approximate surface area is 199 Å². The van der Waals surface area contributed by atoms with Gasteiger partial charge in [-0.05, 0) is 49.6 Å². The first-order valence-electron chi connectivity index (χ1n) is 11.9. The van der Waals surface area contributed by atoms with Crippen LogP contribution in [0.2, 0.25) is 0 Å². The predicted molar refractivity (Wildman–Crippen MR) is 128 cm³/mol. The Morgan fingerprint density at radius 2 is 1.79 bits per heavy atom. The van der Waals surface area contributed by atoms with Crippen LogP contribution in [0, 0.1) is 5.82 Å². The normalized spacial score (nSPS) is 17.4. The second kappa shape index (κ2) is 10.2. The number of likely N-dealkylation sites (tertiary alicyclic amines) is 1. The highest BCUT2D eigenvalue weighted by Gasteiger charge is 2.54. The van der Waals surface area contributed by atoms with Crippen LogP contribution in [0.15, 0.2) is 54.6 Å². The molecule has 0 saturated carbocycles. The molecule has 0 bridgehead atoms. The first kappa shape index (κ1) is 23.7. The maximum atomic E-state index is 13.7. The summed E-state index contributed by atoms with van der Waals surface area (Å²) < 4.78 is 13.6. The Kier molecular flexibility index (Phi) is 7.14. The molecule has 2 fully saturated rings. The second-order valence-corrected chi connectivity index (χ2v) is 8.95. The van der Waals surface area contributed by atoms with Gasteiger partial charge in [0, 0.05) is 30.9 Å². The van der Waals surface area contributed by atoms with Crippen molar-refractivity contribution in [1.82, 2.24) is 15.1 Å². The molecule has 34 heavy (non-hydrogen) atoms. The molecule has 7 nitrogen and oxygen atoms in total. The Morgan fingerprint density at radius 1 is 1.06 bits per heavy atom. The number of unbranched alkanes of at least 4 members (excludes halogenated alkanes) is 1. The van der Waals surface area contributed by atoms with E-state index in [9.17, 15) is 18.8 Å². The molecule has 8 heteroatoms. The summed E-state index contributed by atoms with van der Waals surface area (Å²) in [5.41, 5.74) is 0.401. The molecule has 2 aromatic carbocycles. The van der Waals surface area contributed by atoms with Crippen LogP contribution in [-0.2, 0) is 9.59 Å². The van der Waals surface area contributed by atoms with Crippen molar-refractivity contribution in [2.24, 2.45) is 0 Å². The highest BCUT2D eigenvalue weighted by molar-refractivity contribution is 5.97. The molecule has 2 saturated heterocycles. The molecule has 0 radical (unpaired) electrons. The molecule has 0 unspecified atom stereocenters. The Bertz CT molecular complexity index is 1040. The van der Waals surface area contributed by atoms with Gasteiger partial charge < -0.3 is 20.0 Å². The van der Waals surface area contributed by atoms with Gasteiger partial charge in [-0.3, -0.25) is 14.4 Å². The van der Waals surface area contributed by atoms with Gasteiger partial charge in [0.1, 0.15) is 17.9 Å². The van der Waals surface area contributed by atoms with E-state index in [0.29, 0.717) is 44.7 Å². The average molecular weight is 467 g/mol. The molecule has 2 heterocycles. The first-order chi connectivity index (χ1) is 16.4. The molecule has 2 aliphatic heterocycles. The molecule has 1 N–H and O–H groups in total. The highest BCUT2D eigenvalue weighted by atomic mass is 19.1. The SMILES string of the molecule is CCCCNC(=O)CN1CN(c2ccccc2)C2(CCN(C(=O)c3cccc(F)c3)CC2)C1=O. The summed E-state index contributed by atoms with van der Waals surface area (Å²) in [6.45, 7) is 3.74. The summed E-state index contributed by atoms with van der Waals surface area (Å²) >= 11 is 0. The number of nitrogens with zero attached hydrogens (tertiary/aromatic N) is 3. The van der Waals surface area contributed by atoms with E-state index in [4.69, 9.17) is 0 Å². The lowest BCUT2D eigenvalue weighted by atomic mass is 9.85. The number of halogens is 1. The highest BCUT2D eigenvalue weighted by Crippen LogP contribution is 2.39. The van der Waals surface area contributed by atoms with Crippen molar-refractivity contribution in [3.05, 3.63) is 66.0 Å².